The lowest BCUT2D eigenvalue weighted by molar-refractivity contribution is -0.117. The number of carbonyl (C=O) groups excluding carboxylic acids is 1. The minimum absolute atomic E-state index is 0.0349. The molecule has 7 heteroatoms. The lowest BCUT2D eigenvalue weighted by Crippen LogP contribution is -2.28. The zero-order valence-electron chi connectivity index (χ0n) is 20.8. The van der Waals surface area contributed by atoms with Gasteiger partial charge in [0.2, 0.25) is 0 Å². The maximum atomic E-state index is 12.2. The molecule has 4 nitrogen and oxygen atoms in total. The van der Waals surface area contributed by atoms with Gasteiger partial charge in [-0.2, -0.15) is 13.2 Å². The number of ether oxygens (including phenoxy) is 1. The van der Waals surface area contributed by atoms with Crippen LogP contribution in [0.2, 0.25) is 0 Å². The summed E-state index contributed by atoms with van der Waals surface area (Å²) in [6.45, 7) is 14.6. The number of nitrogens with zero attached hydrogens (tertiary/aromatic N) is 1. The van der Waals surface area contributed by atoms with Crippen molar-refractivity contribution in [3.63, 3.8) is 0 Å². The van der Waals surface area contributed by atoms with Gasteiger partial charge in [-0.3, -0.25) is 9.78 Å². The molecule has 1 aliphatic rings. The first kappa shape index (κ1) is 31.1. The van der Waals surface area contributed by atoms with Crippen LogP contribution in [-0.2, 0) is 9.53 Å². The molecular weight excluding hydrogens is 441 g/mol. The summed E-state index contributed by atoms with van der Waals surface area (Å²) in [5.74, 6) is -0.0349. The highest BCUT2D eigenvalue weighted by atomic mass is 19.4. The molecule has 1 aromatic heterocycles. The molecule has 2 rings (SSSR count). The highest BCUT2D eigenvalue weighted by molar-refractivity contribution is 5.96. The standard InChI is InChI=1S/C14H21NO2.C11H10F3N.C2H6/c1-3-10-17-11-9-15-14(16)13-6-4-5-12(2)7-8-13;1-8(6-9(2)11(12,13)14)10-4-3-5-15-7-10;1-2/h4,6-8H,3,5,9-11H2,1-2H3,(H,15,16);3-7H,1H2,2H3;1-2H3/b;9-6+;. The zero-order valence-corrected chi connectivity index (χ0v) is 20.8. The van der Waals surface area contributed by atoms with Crippen LogP contribution in [0.5, 0.6) is 0 Å². The number of amides is 1. The Morgan fingerprint density at radius 3 is 2.56 bits per heavy atom. The van der Waals surface area contributed by atoms with Crippen molar-refractivity contribution in [2.45, 2.75) is 53.6 Å². The Hall–Kier alpha value is -2.93. The fourth-order valence-corrected chi connectivity index (χ4v) is 2.44. The normalized spacial score (nSPS) is 13.2. The van der Waals surface area contributed by atoms with E-state index in [4.69, 9.17) is 4.74 Å². The Morgan fingerprint density at radius 2 is 1.97 bits per heavy atom. The van der Waals surface area contributed by atoms with Gasteiger partial charge in [0, 0.05) is 36.7 Å². The van der Waals surface area contributed by atoms with Crippen LogP contribution in [0.25, 0.3) is 5.57 Å². The minimum Gasteiger partial charge on any atom is -0.380 e. The van der Waals surface area contributed by atoms with Crippen molar-refractivity contribution in [2.24, 2.45) is 0 Å². The lowest BCUT2D eigenvalue weighted by Gasteiger charge is -2.07. The molecular formula is C27H37F3N2O2. The molecule has 1 amide bonds. The number of hydrogen-bond acceptors (Lipinski definition) is 3. The van der Waals surface area contributed by atoms with Crippen molar-refractivity contribution >= 4 is 11.5 Å². The predicted octanol–water partition coefficient (Wildman–Crippen LogP) is 6.99. The van der Waals surface area contributed by atoms with Gasteiger partial charge < -0.3 is 10.1 Å². The van der Waals surface area contributed by atoms with Crippen LogP contribution >= 0.6 is 0 Å². The number of rotatable bonds is 8. The van der Waals surface area contributed by atoms with E-state index in [1.54, 1.807) is 18.3 Å². The Balaban J connectivity index is 0.000000601. The molecule has 0 atom stereocenters. The van der Waals surface area contributed by atoms with Gasteiger partial charge in [-0.1, -0.05) is 57.2 Å². The number of carbonyl (C=O) groups is 1. The molecule has 0 bridgehead atoms. The van der Waals surface area contributed by atoms with Crippen molar-refractivity contribution in [2.75, 3.05) is 19.8 Å². The minimum atomic E-state index is -4.30. The van der Waals surface area contributed by atoms with E-state index >= 15 is 0 Å². The number of allylic oxidation sites excluding steroid dienone is 7. The van der Waals surface area contributed by atoms with Crippen LogP contribution in [-0.4, -0.2) is 36.8 Å². The van der Waals surface area contributed by atoms with Crippen LogP contribution < -0.4 is 5.32 Å². The predicted molar refractivity (Wildman–Crippen MR) is 134 cm³/mol. The summed E-state index contributed by atoms with van der Waals surface area (Å²) in [6.07, 6.45) is 9.39. The Bertz CT molecular complexity index is 868. The van der Waals surface area contributed by atoms with Gasteiger partial charge >= 0.3 is 6.18 Å². The smallest absolute Gasteiger partial charge is 0.380 e. The summed E-state index contributed by atoms with van der Waals surface area (Å²) in [5, 5.41) is 2.84. The van der Waals surface area contributed by atoms with Crippen LogP contribution in [0.3, 0.4) is 0 Å². The molecule has 0 unspecified atom stereocenters. The Morgan fingerprint density at radius 1 is 1.26 bits per heavy atom. The first-order valence-corrected chi connectivity index (χ1v) is 11.4. The maximum absolute atomic E-state index is 12.2. The van der Waals surface area contributed by atoms with Crippen molar-refractivity contribution < 1.29 is 22.7 Å². The van der Waals surface area contributed by atoms with E-state index in [1.807, 2.05) is 38.2 Å². The largest absolute Gasteiger partial charge is 0.412 e. The average Bonchev–Trinajstić information content (AvgIpc) is 3.05. The molecule has 1 N–H and O–H groups in total. The van der Waals surface area contributed by atoms with E-state index in [-0.39, 0.29) is 5.91 Å². The number of hydrogen-bond donors (Lipinski definition) is 1. The van der Waals surface area contributed by atoms with Crippen LogP contribution in [0.15, 0.2) is 78.2 Å². The Labute approximate surface area is 202 Å². The number of halogens is 3. The van der Waals surface area contributed by atoms with Crippen molar-refractivity contribution in [1.29, 1.82) is 0 Å². The third kappa shape index (κ3) is 13.6. The third-order valence-corrected chi connectivity index (χ3v) is 4.30. The summed E-state index contributed by atoms with van der Waals surface area (Å²) in [7, 11) is 0. The second-order valence-corrected chi connectivity index (χ2v) is 7.20. The molecule has 188 valence electrons. The van der Waals surface area contributed by atoms with Gasteiger partial charge in [-0.05, 0) is 56.0 Å². The molecule has 0 saturated carbocycles. The van der Waals surface area contributed by atoms with Gasteiger partial charge in [0.15, 0.2) is 0 Å². The number of pyridine rings is 1. The number of aromatic nitrogens is 1. The summed E-state index contributed by atoms with van der Waals surface area (Å²) < 4.78 is 41.9. The van der Waals surface area contributed by atoms with E-state index in [2.05, 4.69) is 30.7 Å². The van der Waals surface area contributed by atoms with Crippen LogP contribution in [0.1, 0.15) is 53.0 Å². The van der Waals surface area contributed by atoms with E-state index < -0.39 is 11.7 Å². The molecule has 0 aliphatic heterocycles. The maximum Gasteiger partial charge on any atom is 0.412 e. The molecule has 1 aromatic rings. The molecule has 0 radical (unpaired) electrons. The molecule has 0 saturated heterocycles. The van der Waals surface area contributed by atoms with Gasteiger partial charge in [0.1, 0.15) is 0 Å². The van der Waals surface area contributed by atoms with E-state index in [0.717, 1.165) is 32.4 Å². The van der Waals surface area contributed by atoms with Gasteiger partial charge in [0.05, 0.1) is 6.61 Å². The molecule has 0 aromatic carbocycles. The fraction of sp³-hybridized carbons (Fsp3) is 0.407. The summed E-state index contributed by atoms with van der Waals surface area (Å²) >= 11 is 0. The molecule has 0 fully saturated rings. The highest BCUT2D eigenvalue weighted by Gasteiger charge is 2.29. The SMILES string of the molecule is C=C(/C=C(\C)C(F)(F)F)c1cccnc1.CC.CCCOCCNC(=O)C1=CC=C(C)CC=C1. The first-order chi connectivity index (χ1) is 16.1. The lowest BCUT2D eigenvalue weighted by atomic mass is 10.1. The third-order valence-electron chi connectivity index (χ3n) is 4.30. The monoisotopic (exact) mass is 478 g/mol. The summed E-state index contributed by atoms with van der Waals surface area (Å²) in [4.78, 5) is 15.6. The molecule has 1 aliphatic carbocycles. The van der Waals surface area contributed by atoms with Crippen molar-refractivity contribution in [3.8, 4) is 0 Å². The van der Waals surface area contributed by atoms with Gasteiger partial charge in [-0.25, -0.2) is 0 Å². The van der Waals surface area contributed by atoms with Gasteiger partial charge in [-0.15, -0.1) is 0 Å². The first-order valence-electron chi connectivity index (χ1n) is 11.4. The second kappa shape index (κ2) is 17.5. The van der Waals surface area contributed by atoms with E-state index in [1.165, 1.54) is 11.8 Å². The van der Waals surface area contributed by atoms with Crippen molar-refractivity contribution in [3.05, 3.63) is 83.8 Å². The van der Waals surface area contributed by atoms with Crippen LogP contribution in [0.4, 0.5) is 13.2 Å². The number of nitrogens with one attached hydrogen (secondary N) is 1. The fourth-order valence-electron chi connectivity index (χ4n) is 2.44. The molecule has 0 spiro atoms. The van der Waals surface area contributed by atoms with E-state index in [0.29, 0.717) is 29.9 Å². The Kier molecular flexibility index (Phi) is 16.0. The molecule has 1 heterocycles. The second-order valence-electron chi connectivity index (χ2n) is 7.20. The number of alkyl halides is 3. The van der Waals surface area contributed by atoms with Crippen LogP contribution in [0, 0.1) is 0 Å². The summed E-state index contributed by atoms with van der Waals surface area (Å²) in [6, 6.07) is 3.31. The van der Waals surface area contributed by atoms with E-state index in [9.17, 15) is 18.0 Å². The quantitative estimate of drug-likeness (QED) is 0.324. The topological polar surface area (TPSA) is 51.2 Å². The molecule has 34 heavy (non-hydrogen) atoms. The zero-order chi connectivity index (χ0) is 26.0. The van der Waals surface area contributed by atoms with Gasteiger partial charge in [0.25, 0.3) is 5.91 Å². The average molecular weight is 479 g/mol. The summed E-state index contributed by atoms with van der Waals surface area (Å²) in [5.41, 5.74) is 2.18. The highest BCUT2D eigenvalue weighted by Crippen LogP contribution is 2.27. The van der Waals surface area contributed by atoms with Crippen molar-refractivity contribution in [1.82, 2.24) is 10.3 Å².